The first-order valence-corrected chi connectivity index (χ1v) is 15.2. The lowest BCUT2D eigenvalue weighted by Crippen LogP contribution is -2.46. The number of alkyl carbamates (subject to hydrolysis) is 1. The Morgan fingerprint density at radius 2 is 1.74 bits per heavy atom. The van der Waals surface area contributed by atoms with Crippen LogP contribution in [0, 0.1) is 22.7 Å². The topological polar surface area (TPSA) is 134 Å². The number of aromatic nitrogens is 1. The van der Waals surface area contributed by atoms with Crippen LogP contribution >= 0.6 is 11.8 Å². The fourth-order valence-electron chi connectivity index (χ4n) is 4.57. The molecule has 1 aromatic carbocycles. The molecule has 1 fully saturated rings. The molecule has 0 radical (unpaired) electrons. The van der Waals surface area contributed by atoms with Gasteiger partial charge in [0.05, 0.1) is 11.1 Å². The molecule has 42 heavy (non-hydrogen) atoms. The highest BCUT2D eigenvalue weighted by Crippen LogP contribution is 2.33. The number of carbonyl (C=O) groups excluding carboxylic acids is 2. The predicted molar refractivity (Wildman–Crippen MR) is 164 cm³/mol. The van der Waals surface area contributed by atoms with E-state index in [-0.39, 0.29) is 5.91 Å². The third-order valence-corrected chi connectivity index (χ3v) is 7.88. The van der Waals surface area contributed by atoms with Crippen LogP contribution in [0.15, 0.2) is 29.3 Å². The molecule has 1 aliphatic rings. The second kappa shape index (κ2) is 14.9. The van der Waals surface area contributed by atoms with Crippen LogP contribution in [0.5, 0.6) is 0 Å². The van der Waals surface area contributed by atoms with Gasteiger partial charge in [0.1, 0.15) is 34.6 Å². The molecular formula is C31H41N7O3S. The number of hydrogen-bond acceptors (Lipinski definition) is 9. The Balaban J connectivity index is 1.66. The van der Waals surface area contributed by atoms with Gasteiger partial charge in [-0.15, -0.1) is 11.8 Å². The van der Waals surface area contributed by atoms with Gasteiger partial charge in [-0.1, -0.05) is 31.2 Å². The van der Waals surface area contributed by atoms with Gasteiger partial charge < -0.3 is 25.2 Å². The lowest BCUT2D eigenvalue weighted by Gasteiger charge is -2.25. The minimum Gasteiger partial charge on any atom is -0.444 e. The summed E-state index contributed by atoms with van der Waals surface area (Å²) in [6.45, 7) is 12.7. The number of anilines is 1. The first kappa shape index (κ1) is 32.7. The van der Waals surface area contributed by atoms with Crippen molar-refractivity contribution in [1.29, 1.82) is 10.5 Å². The minimum atomic E-state index is -0.738. The van der Waals surface area contributed by atoms with Crippen molar-refractivity contribution < 1.29 is 14.3 Å². The molecule has 1 aliphatic heterocycles. The largest absolute Gasteiger partial charge is 0.444 e. The number of ether oxygens (including phenoxy) is 1. The zero-order chi connectivity index (χ0) is 30.9. The van der Waals surface area contributed by atoms with E-state index >= 15 is 0 Å². The summed E-state index contributed by atoms with van der Waals surface area (Å²) in [6, 6.07) is 11.8. The summed E-state index contributed by atoms with van der Waals surface area (Å²) in [5.41, 5.74) is 3.05. The molecule has 3 rings (SSSR count). The van der Waals surface area contributed by atoms with Gasteiger partial charge in [-0.3, -0.25) is 4.79 Å². The van der Waals surface area contributed by atoms with Gasteiger partial charge in [0.25, 0.3) is 0 Å². The number of likely N-dealkylation sites (N-methyl/N-ethyl adjacent to an activating group) is 1. The normalized spacial score (nSPS) is 14.7. The molecule has 10 nitrogen and oxygen atoms in total. The summed E-state index contributed by atoms with van der Waals surface area (Å²) >= 11 is 1.49. The maximum Gasteiger partial charge on any atom is 0.408 e. The number of rotatable bonds is 9. The second-order valence-corrected chi connectivity index (χ2v) is 12.3. The number of hydrogen-bond donors (Lipinski definition) is 2. The third-order valence-electron chi connectivity index (χ3n) is 6.84. The van der Waals surface area contributed by atoms with Crippen LogP contribution < -0.4 is 15.5 Å². The van der Waals surface area contributed by atoms with Crippen molar-refractivity contribution in [2.24, 2.45) is 0 Å². The van der Waals surface area contributed by atoms with E-state index in [1.165, 1.54) is 11.8 Å². The van der Waals surface area contributed by atoms with Gasteiger partial charge in [0, 0.05) is 31.9 Å². The van der Waals surface area contributed by atoms with Crippen molar-refractivity contribution in [2.75, 3.05) is 38.1 Å². The lowest BCUT2D eigenvalue weighted by atomic mass is 10.0. The fourth-order valence-corrected chi connectivity index (χ4v) is 5.53. The molecule has 2 aromatic rings. The average Bonchev–Trinajstić information content (AvgIpc) is 3.17. The number of nitriles is 2. The van der Waals surface area contributed by atoms with E-state index in [2.05, 4.69) is 39.6 Å². The van der Waals surface area contributed by atoms with Gasteiger partial charge in [-0.2, -0.15) is 10.5 Å². The van der Waals surface area contributed by atoms with Crippen molar-refractivity contribution in [3.8, 4) is 12.1 Å². The Labute approximate surface area is 253 Å². The van der Waals surface area contributed by atoms with Crippen molar-refractivity contribution in [1.82, 2.24) is 20.5 Å². The van der Waals surface area contributed by atoms with Crippen LogP contribution in [0.1, 0.15) is 68.9 Å². The maximum atomic E-state index is 12.4. The van der Waals surface area contributed by atoms with E-state index < -0.39 is 17.7 Å². The SMILES string of the molecule is CCc1c(C#N)c(SCc2ccc(CNC(=O)[C@H](C)NC(=O)OC(C)(C)C)cc2)nc(N2CCCN(C)CC2)c1C#N. The Kier molecular flexibility index (Phi) is 11.6. The highest BCUT2D eigenvalue weighted by atomic mass is 32.2. The van der Waals surface area contributed by atoms with Gasteiger partial charge in [0.15, 0.2) is 0 Å². The summed E-state index contributed by atoms with van der Waals surface area (Å²) < 4.78 is 5.20. The van der Waals surface area contributed by atoms with Crippen molar-refractivity contribution in [3.63, 3.8) is 0 Å². The molecule has 1 atom stereocenters. The number of amides is 2. The van der Waals surface area contributed by atoms with Crippen molar-refractivity contribution in [3.05, 3.63) is 52.1 Å². The summed E-state index contributed by atoms with van der Waals surface area (Å²) in [7, 11) is 2.10. The molecule has 1 saturated heterocycles. The zero-order valence-electron chi connectivity index (χ0n) is 25.4. The molecule has 2 amide bonds. The monoisotopic (exact) mass is 591 g/mol. The Bertz CT molecular complexity index is 1340. The molecular weight excluding hydrogens is 550 g/mol. The van der Waals surface area contributed by atoms with Gasteiger partial charge in [-0.25, -0.2) is 9.78 Å². The zero-order valence-corrected chi connectivity index (χ0v) is 26.2. The summed E-state index contributed by atoms with van der Waals surface area (Å²) in [6.07, 6.45) is 0.925. The van der Waals surface area contributed by atoms with Crippen LogP contribution in [-0.4, -0.2) is 66.8 Å². The first-order chi connectivity index (χ1) is 19.9. The smallest absolute Gasteiger partial charge is 0.408 e. The standard InChI is InChI=1S/C31H41N7O3S/c1-7-24-25(17-32)27(38-14-8-13-37(6)15-16-38)36-29(26(24)18-33)42-20-23-11-9-22(10-12-23)19-34-28(39)21(2)35-30(40)41-31(3,4)5/h9-12,21H,7-8,13-16,19-20H2,1-6H3,(H,34,39)(H,35,40)/t21-/m0/s1. The highest BCUT2D eigenvalue weighted by molar-refractivity contribution is 7.98. The van der Waals surface area contributed by atoms with Gasteiger partial charge in [-0.05, 0) is 70.8 Å². The van der Waals surface area contributed by atoms with E-state index in [1.54, 1.807) is 27.7 Å². The van der Waals surface area contributed by atoms with E-state index in [9.17, 15) is 20.1 Å². The Morgan fingerprint density at radius 3 is 2.36 bits per heavy atom. The Morgan fingerprint density at radius 1 is 1.07 bits per heavy atom. The number of nitrogens with one attached hydrogen (secondary N) is 2. The molecule has 2 heterocycles. The van der Waals surface area contributed by atoms with E-state index in [4.69, 9.17) is 9.72 Å². The average molecular weight is 592 g/mol. The van der Waals surface area contributed by atoms with Gasteiger partial charge >= 0.3 is 6.09 Å². The molecule has 0 saturated carbocycles. The number of pyridine rings is 1. The fraction of sp³-hybridized carbons (Fsp3) is 0.516. The predicted octanol–water partition coefficient (Wildman–Crippen LogP) is 4.35. The summed E-state index contributed by atoms with van der Waals surface area (Å²) in [5, 5.41) is 26.0. The Hall–Kier alpha value is -3.80. The molecule has 0 aliphatic carbocycles. The molecule has 0 unspecified atom stereocenters. The molecule has 224 valence electrons. The van der Waals surface area contributed by atoms with Crippen LogP contribution in [0.25, 0.3) is 0 Å². The van der Waals surface area contributed by atoms with Crippen LogP contribution in [0.2, 0.25) is 0 Å². The van der Waals surface area contributed by atoms with Crippen molar-refractivity contribution in [2.45, 2.75) is 76.4 Å². The summed E-state index contributed by atoms with van der Waals surface area (Å²) in [5.74, 6) is 0.963. The van der Waals surface area contributed by atoms with E-state index in [0.29, 0.717) is 40.7 Å². The van der Waals surface area contributed by atoms with Crippen molar-refractivity contribution >= 4 is 29.6 Å². The van der Waals surface area contributed by atoms with Crippen LogP contribution in [0.3, 0.4) is 0 Å². The number of thioether (sulfide) groups is 1. The quantitative estimate of drug-likeness (QED) is 0.408. The first-order valence-electron chi connectivity index (χ1n) is 14.2. The number of benzene rings is 1. The summed E-state index contributed by atoms with van der Waals surface area (Å²) in [4.78, 5) is 33.7. The van der Waals surface area contributed by atoms with E-state index in [1.807, 2.05) is 31.2 Å². The maximum absolute atomic E-state index is 12.4. The minimum absolute atomic E-state index is 0.310. The second-order valence-electron chi connectivity index (χ2n) is 11.4. The number of carbonyl (C=O) groups is 2. The van der Waals surface area contributed by atoms with Gasteiger partial charge in [0.2, 0.25) is 5.91 Å². The lowest BCUT2D eigenvalue weighted by molar-refractivity contribution is -0.122. The molecule has 11 heteroatoms. The molecule has 0 spiro atoms. The van der Waals surface area contributed by atoms with Crippen LogP contribution in [0.4, 0.5) is 10.6 Å². The third kappa shape index (κ3) is 9.10. The molecule has 0 bridgehead atoms. The molecule has 1 aromatic heterocycles. The van der Waals surface area contributed by atoms with E-state index in [0.717, 1.165) is 49.3 Å². The highest BCUT2D eigenvalue weighted by Gasteiger charge is 2.24. The van der Waals surface area contributed by atoms with Crippen LogP contribution in [-0.2, 0) is 28.2 Å². The number of nitrogens with zero attached hydrogens (tertiary/aromatic N) is 5. The molecule has 2 N–H and O–H groups in total.